The first kappa shape index (κ1) is 20.7. The Morgan fingerprint density at radius 1 is 1.37 bits per heavy atom. The van der Waals surface area contributed by atoms with E-state index in [-0.39, 0.29) is 17.8 Å². The zero-order valence-corrected chi connectivity index (χ0v) is 17.6. The molecule has 0 unspecified atom stereocenters. The molecule has 4 rings (SSSR count). The Balaban J connectivity index is 1.40. The Labute approximate surface area is 178 Å². The number of fused-ring (bicyclic) bond motifs is 1. The number of carbonyl (C=O) groups is 1. The molecule has 6 nitrogen and oxygen atoms in total. The van der Waals surface area contributed by atoms with Gasteiger partial charge in [-0.05, 0) is 36.8 Å². The van der Waals surface area contributed by atoms with E-state index < -0.39 is 0 Å². The molecule has 1 aliphatic heterocycles. The van der Waals surface area contributed by atoms with E-state index in [0.29, 0.717) is 30.4 Å². The highest BCUT2D eigenvalue weighted by atomic mass is 32.1. The Morgan fingerprint density at radius 2 is 2.20 bits per heavy atom. The summed E-state index contributed by atoms with van der Waals surface area (Å²) < 4.78 is 24.7. The van der Waals surface area contributed by atoms with Gasteiger partial charge in [-0.1, -0.05) is 6.07 Å². The van der Waals surface area contributed by atoms with Crippen LogP contribution in [0.4, 0.5) is 4.39 Å². The van der Waals surface area contributed by atoms with Crippen molar-refractivity contribution in [2.24, 2.45) is 0 Å². The topological polar surface area (TPSA) is 63.7 Å². The van der Waals surface area contributed by atoms with Gasteiger partial charge in [-0.25, -0.2) is 9.37 Å². The largest absolute Gasteiger partial charge is 0.494 e. The minimum Gasteiger partial charge on any atom is -0.494 e. The lowest BCUT2D eigenvalue weighted by molar-refractivity contribution is -0.0304. The van der Waals surface area contributed by atoms with Gasteiger partial charge < -0.3 is 14.8 Å². The maximum absolute atomic E-state index is 13.0. The molecule has 3 heterocycles. The highest BCUT2D eigenvalue weighted by Gasteiger charge is 2.29. The van der Waals surface area contributed by atoms with Crippen molar-refractivity contribution < 1.29 is 18.7 Å². The summed E-state index contributed by atoms with van der Waals surface area (Å²) in [7, 11) is 1.64. The number of thiophene rings is 1. The molecule has 8 heteroatoms. The van der Waals surface area contributed by atoms with Crippen LogP contribution in [-0.4, -0.2) is 55.7 Å². The molecule has 1 amide bonds. The van der Waals surface area contributed by atoms with Crippen molar-refractivity contribution in [3.8, 4) is 5.75 Å². The molecule has 158 valence electrons. The van der Waals surface area contributed by atoms with E-state index in [1.165, 1.54) is 23.5 Å². The Morgan fingerprint density at radius 3 is 3.00 bits per heavy atom. The third-order valence-electron chi connectivity index (χ3n) is 5.11. The maximum Gasteiger partial charge on any atom is 0.261 e. The minimum atomic E-state index is -0.269. The molecule has 0 spiro atoms. The number of rotatable bonds is 7. The summed E-state index contributed by atoms with van der Waals surface area (Å²) in [6.45, 7) is 3.57. The standard InChI is InChI=1S/C22H24FN3O3S/c1-24-21(27)20-19(17-4-2-9-25-22(17)30-20)18-14-26(11-13-29-18)10-3-12-28-16-7-5-15(23)6-8-16/h2,4-9,18H,3,10-14H2,1H3,(H,24,27)/t18-/m0/s1. The fourth-order valence-corrected chi connectivity index (χ4v) is 4.78. The van der Waals surface area contributed by atoms with E-state index in [9.17, 15) is 9.18 Å². The third kappa shape index (κ3) is 4.61. The zero-order chi connectivity index (χ0) is 20.9. The molecular formula is C22H24FN3O3S. The Hall–Kier alpha value is -2.55. The summed E-state index contributed by atoms with van der Waals surface area (Å²) in [5.41, 5.74) is 0.926. The predicted molar refractivity (Wildman–Crippen MR) is 115 cm³/mol. The van der Waals surface area contributed by atoms with Crippen molar-refractivity contribution in [2.75, 3.05) is 39.9 Å². The van der Waals surface area contributed by atoms with Gasteiger partial charge in [0, 0.05) is 43.8 Å². The summed E-state index contributed by atoms with van der Waals surface area (Å²) in [5.74, 6) is 0.291. The number of nitrogens with zero attached hydrogens (tertiary/aromatic N) is 2. The molecule has 1 atom stereocenters. The van der Waals surface area contributed by atoms with Gasteiger partial charge in [-0.15, -0.1) is 11.3 Å². The van der Waals surface area contributed by atoms with E-state index in [1.807, 2.05) is 12.1 Å². The van der Waals surface area contributed by atoms with Crippen LogP contribution in [0.15, 0.2) is 42.6 Å². The lowest BCUT2D eigenvalue weighted by Gasteiger charge is -2.33. The highest BCUT2D eigenvalue weighted by Crippen LogP contribution is 2.37. The number of aromatic nitrogens is 1. The maximum atomic E-state index is 13.0. The fraction of sp³-hybridized carbons (Fsp3) is 0.364. The first-order valence-corrected chi connectivity index (χ1v) is 10.8. The van der Waals surface area contributed by atoms with Gasteiger partial charge in [0.05, 0.1) is 19.3 Å². The van der Waals surface area contributed by atoms with E-state index in [4.69, 9.17) is 9.47 Å². The zero-order valence-electron chi connectivity index (χ0n) is 16.8. The molecule has 0 bridgehead atoms. The number of carbonyl (C=O) groups excluding carboxylic acids is 1. The minimum absolute atomic E-state index is 0.110. The molecule has 1 aliphatic rings. The number of hydrogen-bond donors (Lipinski definition) is 1. The van der Waals surface area contributed by atoms with Crippen molar-refractivity contribution in [3.05, 3.63) is 58.9 Å². The van der Waals surface area contributed by atoms with Crippen molar-refractivity contribution in [1.29, 1.82) is 0 Å². The molecule has 1 fully saturated rings. The SMILES string of the molecule is CNC(=O)c1sc2ncccc2c1[C@@H]1CN(CCCOc2ccc(F)cc2)CCO1. The molecule has 3 aromatic rings. The predicted octanol–water partition coefficient (Wildman–Crippen LogP) is 3.64. The average molecular weight is 430 g/mol. The van der Waals surface area contributed by atoms with Gasteiger partial charge in [0.2, 0.25) is 0 Å². The third-order valence-corrected chi connectivity index (χ3v) is 6.24. The van der Waals surface area contributed by atoms with Crippen LogP contribution in [0.5, 0.6) is 5.75 Å². The number of nitrogens with one attached hydrogen (secondary N) is 1. The smallest absolute Gasteiger partial charge is 0.261 e. The van der Waals surface area contributed by atoms with Crippen LogP contribution < -0.4 is 10.1 Å². The van der Waals surface area contributed by atoms with Crippen LogP contribution in [0.3, 0.4) is 0 Å². The number of hydrogen-bond acceptors (Lipinski definition) is 6. The van der Waals surface area contributed by atoms with E-state index >= 15 is 0 Å². The molecule has 1 N–H and O–H groups in total. The molecule has 2 aromatic heterocycles. The number of ether oxygens (including phenoxy) is 2. The van der Waals surface area contributed by atoms with Crippen molar-refractivity contribution >= 4 is 27.5 Å². The van der Waals surface area contributed by atoms with Gasteiger partial charge in [0.15, 0.2) is 0 Å². The Bertz CT molecular complexity index is 1010. The summed E-state index contributed by atoms with van der Waals surface area (Å²) >= 11 is 1.40. The average Bonchev–Trinajstić information content (AvgIpc) is 3.17. The number of benzene rings is 1. The molecular weight excluding hydrogens is 405 g/mol. The summed E-state index contributed by atoms with van der Waals surface area (Å²) in [4.78, 5) is 20.7. The molecule has 0 saturated carbocycles. The molecule has 30 heavy (non-hydrogen) atoms. The second kappa shape index (κ2) is 9.51. The van der Waals surface area contributed by atoms with Crippen LogP contribution in [0.25, 0.3) is 10.2 Å². The fourth-order valence-electron chi connectivity index (χ4n) is 3.64. The van der Waals surface area contributed by atoms with Crippen LogP contribution in [0.1, 0.15) is 27.8 Å². The number of halogens is 1. The number of morpholine rings is 1. The van der Waals surface area contributed by atoms with Gasteiger partial charge >= 0.3 is 0 Å². The van der Waals surface area contributed by atoms with Crippen LogP contribution in [0, 0.1) is 5.82 Å². The summed E-state index contributed by atoms with van der Waals surface area (Å²) in [6, 6.07) is 9.95. The summed E-state index contributed by atoms with van der Waals surface area (Å²) in [6.07, 6.45) is 2.41. The normalized spacial score (nSPS) is 17.2. The van der Waals surface area contributed by atoms with E-state index in [0.717, 1.165) is 35.3 Å². The van der Waals surface area contributed by atoms with Crippen molar-refractivity contribution in [3.63, 3.8) is 0 Å². The van der Waals surface area contributed by atoms with Crippen LogP contribution in [-0.2, 0) is 4.74 Å². The second-order valence-corrected chi connectivity index (χ2v) is 8.10. The van der Waals surface area contributed by atoms with Gasteiger partial charge in [0.25, 0.3) is 5.91 Å². The number of pyridine rings is 1. The van der Waals surface area contributed by atoms with E-state index in [1.54, 1.807) is 25.4 Å². The van der Waals surface area contributed by atoms with Crippen LogP contribution >= 0.6 is 11.3 Å². The quantitative estimate of drug-likeness (QED) is 0.581. The van der Waals surface area contributed by atoms with Crippen molar-refractivity contribution in [1.82, 2.24) is 15.2 Å². The summed E-state index contributed by atoms with van der Waals surface area (Å²) in [5, 5.41) is 3.71. The van der Waals surface area contributed by atoms with Gasteiger partial charge in [-0.3, -0.25) is 9.69 Å². The lowest BCUT2D eigenvalue weighted by Crippen LogP contribution is -2.39. The number of amides is 1. The first-order valence-electron chi connectivity index (χ1n) is 9.97. The first-order chi connectivity index (χ1) is 14.7. The van der Waals surface area contributed by atoms with E-state index in [2.05, 4.69) is 15.2 Å². The molecule has 0 radical (unpaired) electrons. The van der Waals surface area contributed by atoms with Gasteiger partial charge in [0.1, 0.15) is 21.3 Å². The highest BCUT2D eigenvalue weighted by molar-refractivity contribution is 7.20. The second-order valence-electron chi connectivity index (χ2n) is 7.10. The molecule has 0 aliphatic carbocycles. The Kier molecular flexibility index (Phi) is 6.56. The molecule has 1 saturated heterocycles. The van der Waals surface area contributed by atoms with Crippen molar-refractivity contribution in [2.45, 2.75) is 12.5 Å². The van der Waals surface area contributed by atoms with Gasteiger partial charge in [-0.2, -0.15) is 0 Å². The monoisotopic (exact) mass is 429 g/mol. The van der Waals surface area contributed by atoms with Crippen LogP contribution in [0.2, 0.25) is 0 Å². The molecule has 1 aromatic carbocycles. The lowest BCUT2D eigenvalue weighted by atomic mass is 10.0.